The molecule has 4 unspecified atom stereocenters. The van der Waals surface area contributed by atoms with E-state index < -0.39 is 34.7 Å². The number of alkyl halides is 4. The minimum Gasteiger partial charge on any atom is -0.445 e. The van der Waals surface area contributed by atoms with Crippen molar-refractivity contribution in [2.24, 2.45) is 22.7 Å². The number of hydrogen-bond acceptors (Lipinski definition) is 4. The molecule has 5 rings (SSSR count). The SMILES string of the molecule is CC12CN(C(=O)OCc3ccccc3)CCC1C2(F)F.CC12CNCCC1C2(F)F.CO. The van der Waals surface area contributed by atoms with E-state index in [1.165, 1.54) is 4.90 Å². The van der Waals surface area contributed by atoms with Crippen molar-refractivity contribution < 1.29 is 32.2 Å². The Labute approximate surface area is 186 Å². The fourth-order valence-electron chi connectivity index (χ4n) is 5.13. The molecule has 2 saturated heterocycles. The second kappa shape index (κ2) is 8.82. The van der Waals surface area contributed by atoms with Gasteiger partial charge in [0.05, 0.1) is 10.8 Å². The Morgan fingerprint density at radius 2 is 1.66 bits per heavy atom. The zero-order valence-corrected chi connectivity index (χ0v) is 18.7. The maximum atomic E-state index is 13.6. The van der Waals surface area contributed by atoms with Crippen molar-refractivity contribution in [3.05, 3.63) is 35.9 Å². The zero-order chi connectivity index (χ0) is 23.8. The summed E-state index contributed by atoms with van der Waals surface area (Å²) in [7, 11) is 1.00. The monoisotopic (exact) mass is 460 g/mol. The Kier molecular flexibility index (Phi) is 6.82. The normalized spacial score (nSPS) is 34.9. The molecule has 0 radical (unpaired) electrons. The first-order valence-electron chi connectivity index (χ1n) is 10.9. The van der Waals surface area contributed by atoms with Crippen LogP contribution in [0.25, 0.3) is 0 Å². The van der Waals surface area contributed by atoms with E-state index in [1.54, 1.807) is 13.8 Å². The largest absolute Gasteiger partial charge is 0.445 e. The van der Waals surface area contributed by atoms with Crippen molar-refractivity contribution >= 4 is 6.09 Å². The molecule has 4 aliphatic rings. The Balaban J connectivity index is 0.000000201. The van der Waals surface area contributed by atoms with E-state index in [0.29, 0.717) is 25.9 Å². The first-order chi connectivity index (χ1) is 15.0. The van der Waals surface area contributed by atoms with Gasteiger partial charge in [0, 0.05) is 38.6 Å². The summed E-state index contributed by atoms with van der Waals surface area (Å²) in [5.74, 6) is -5.92. The summed E-state index contributed by atoms with van der Waals surface area (Å²) in [6.45, 7) is 5.08. The van der Waals surface area contributed by atoms with E-state index in [-0.39, 0.29) is 19.1 Å². The first-order valence-corrected chi connectivity index (χ1v) is 10.9. The molecule has 180 valence electrons. The van der Waals surface area contributed by atoms with Gasteiger partial charge in [0.15, 0.2) is 0 Å². The van der Waals surface area contributed by atoms with E-state index in [9.17, 15) is 22.4 Å². The van der Waals surface area contributed by atoms with Crippen molar-refractivity contribution in [2.45, 2.75) is 45.1 Å². The van der Waals surface area contributed by atoms with Crippen molar-refractivity contribution in [3.63, 3.8) is 0 Å². The van der Waals surface area contributed by atoms with E-state index >= 15 is 0 Å². The fourth-order valence-corrected chi connectivity index (χ4v) is 5.13. The maximum Gasteiger partial charge on any atom is 0.410 e. The molecule has 2 saturated carbocycles. The van der Waals surface area contributed by atoms with Crippen molar-refractivity contribution in [3.8, 4) is 0 Å². The second-order valence-corrected chi connectivity index (χ2v) is 9.40. The summed E-state index contributed by atoms with van der Waals surface area (Å²) >= 11 is 0. The van der Waals surface area contributed by atoms with Crippen molar-refractivity contribution in [2.75, 3.05) is 33.3 Å². The average Bonchev–Trinajstić information content (AvgIpc) is 3.46. The molecule has 0 aromatic heterocycles. The van der Waals surface area contributed by atoms with E-state index in [4.69, 9.17) is 9.84 Å². The number of aliphatic hydroxyl groups excluding tert-OH is 1. The molecular weight excluding hydrogens is 428 g/mol. The fraction of sp³-hybridized carbons (Fsp3) is 0.696. The topological polar surface area (TPSA) is 61.8 Å². The average molecular weight is 461 g/mol. The van der Waals surface area contributed by atoms with Gasteiger partial charge in [-0.3, -0.25) is 0 Å². The molecule has 5 nitrogen and oxygen atoms in total. The minimum absolute atomic E-state index is 0.0816. The summed E-state index contributed by atoms with van der Waals surface area (Å²) in [5, 5.41) is 9.99. The molecule has 0 bridgehead atoms. The van der Waals surface area contributed by atoms with Gasteiger partial charge in [-0.25, -0.2) is 22.4 Å². The standard InChI is InChI=1S/C15H17F2NO2.C7H11F2N.CH4O/c1-14-10-18(8-7-12(14)15(14,16)17)13(19)20-9-11-5-3-2-4-6-11;1-6-4-10-3-2-5(6)7(6,8)9;1-2/h2-6,12H,7-10H2,1H3;5,10H,2-4H2,1H3;2H,1H3. The number of carbonyl (C=O) groups is 1. The quantitative estimate of drug-likeness (QED) is 0.651. The van der Waals surface area contributed by atoms with Gasteiger partial charge >= 0.3 is 6.09 Å². The summed E-state index contributed by atoms with van der Waals surface area (Å²) < 4.78 is 58.1. The maximum absolute atomic E-state index is 13.6. The van der Waals surface area contributed by atoms with Crippen LogP contribution < -0.4 is 5.32 Å². The van der Waals surface area contributed by atoms with E-state index in [1.807, 2.05) is 30.3 Å². The summed E-state index contributed by atoms with van der Waals surface area (Å²) in [6, 6.07) is 9.32. The third kappa shape index (κ3) is 4.09. The second-order valence-electron chi connectivity index (χ2n) is 9.40. The number of amides is 1. The van der Waals surface area contributed by atoms with Gasteiger partial charge in [0.1, 0.15) is 6.61 Å². The number of rotatable bonds is 2. The minimum atomic E-state index is -2.64. The van der Waals surface area contributed by atoms with Crippen LogP contribution in [0.15, 0.2) is 30.3 Å². The number of nitrogens with zero attached hydrogens (tertiary/aromatic N) is 1. The number of benzene rings is 1. The Bertz CT molecular complexity index is 810. The van der Waals surface area contributed by atoms with Gasteiger partial charge in [-0.2, -0.15) is 0 Å². The molecule has 32 heavy (non-hydrogen) atoms. The van der Waals surface area contributed by atoms with Gasteiger partial charge < -0.3 is 20.1 Å². The van der Waals surface area contributed by atoms with Crippen LogP contribution in [0.2, 0.25) is 0 Å². The molecule has 9 heteroatoms. The van der Waals surface area contributed by atoms with Crippen LogP contribution in [0, 0.1) is 22.7 Å². The van der Waals surface area contributed by atoms with Gasteiger partial charge in [0.2, 0.25) is 0 Å². The highest BCUT2D eigenvalue weighted by molar-refractivity contribution is 5.68. The number of ether oxygens (including phenoxy) is 1. The summed E-state index contributed by atoms with van der Waals surface area (Å²) in [5.41, 5.74) is -0.874. The lowest BCUT2D eigenvalue weighted by Gasteiger charge is -2.28. The predicted octanol–water partition coefficient (Wildman–Crippen LogP) is 4.16. The molecule has 1 amide bonds. The molecule has 1 aromatic carbocycles. The zero-order valence-electron chi connectivity index (χ0n) is 18.7. The third-order valence-electron chi connectivity index (χ3n) is 7.54. The number of carbonyl (C=O) groups excluding carboxylic acids is 1. The Morgan fingerprint density at radius 1 is 1.06 bits per heavy atom. The van der Waals surface area contributed by atoms with Gasteiger partial charge in [-0.15, -0.1) is 0 Å². The van der Waals surface area contributed by atoms with Crippen LogP contribution in [0.4, 0.5) is 22.4 Å². The van der Waals surface area contributed by atoms with E-state index in [0.717, 1.165) is 19.2 Å². The number of hydrogen-bond donors (Lipinski definition) is 2. The lowest BCUT2D eigenvalue weighted by molar-refractivity contribution is 0.0494. The summed E-state index contributed by atoms with van der Waals surface area (Å²) in [4.78, 5) is 13.4. The lowest BCUT2D eigenvalue weighted by Crippen LogP contribution is -2.40. The number of nitrogens with one attached hydrogen (secondary N) is 1. The van der Waals surface area contributed by atoms with E-state index in [2.05, 4.69) is 5.32 Å². The number of halogens is 4. The van der Waals surface area contributed by atoms with Crippen LogP contribution in [0.5, 0.6) is 0 Å². The molecule has 4 fully saturated rings. The molecule has 2 N–H and O–H groups in total. The molecule has 2 aliphatic carbocycles. The van der Waals surface area contributed by atoms with Gasteiger partial charge in [-0.1, -0.05) is 44.2 Å². The Morgan fingerprint density at radius 3 is 2.19 bits per heavy atom. The van der Waals surface area contributed by atoms with Gasteiger partial charge in [0.25, 0.3) is 11.8 Å². The number of fused-ring (bicyclic) bond motifs is 2. The molecular formula is C23H32F4N2O3. The summed E-state index contributed by atoms with van der Waals surface area (Å²) in [6.07, 6.45) is 0.490. The van der Waals surface area contributed by atoms with Crippen molar-refractivity contribution in [1.29, 1.82) is 0 Å². The molecule has 1 aromatic rings. The van der Waals surface area contributed by atoms with Crippen LogP contribution in [-0.4, -0.2) is 61.2 Å². The number of likely N-dealkylation sites (tertiary alicyclic amines) is 1. The number of aliphatic hydroxyl groups is 1. The molecule has 4 atom stereocenters. The smallest absolute Gasteiger partial charge is 0.410 e. The number of piperidine rings is 2. The predicted molar refractivity (Wildman–Crippen MR) is 112 cm³/mol. The lowest BCUT2D eigenvalue weighted by atomic mass is 10.00. The first kappa shape index (κ1) is 24.8. The Hall–Kier alpha value is -1.87. The third-order valence-corrected chi connectivity index (χ3v) is 7.54. The van der Waals surface area contributed by atoms with Crippen molar-refractivity contribution in [1.82, 2.24) is 10.2 Å². The molecule has 2 heterocycles. The van der Waals surface area contributed by atoms with Gasteiger partial charge in [-0.05, 0) is 24.9 Å². The molecule has 0 spiro atoms. The van der Waals surface area contributed by atoms with Crippen LogP contribution in [0.1, 0.15) is 32.3 Å². The highest BCUT2D eigenvalue weighted by Gasteiger charge is 2.79. The van der Waals surface area contributed by atoms with Crippen LogP contribution in [0.3, 0.4) is 0 Å². The van der Waals surface area contributed by atoms with Crippen LogP contribution >= 0.6 is 0 Å². The molecule has 2 aliphatic heterocycles. The highest BCUT2D eigenvalue weighted by atomic mass is 19.3. The highest BCUT2D eigenvalue weighted by Crippen LogP contribution is 2.69. The van der Waals surface area contributed by atoms with Crippen LogP contribution in [-0.2, 0) is 11.3 Å².